The summed E-state index contributed by atoms with van der Waals surface area (Å²) in [6.07, 6.45) is -1.51. The van der Waals surface area contributed by atoms with Gasteiger partial charge >= 0.3 is 10.3 Å². The van der Waals surface area contributed by atoms with Crippen molar-refractivity contribution in [3.8, 4) is 0 Å². The number of morpholine rings is 1. The zero-order valence-electron chi connectivity index (χ0n) is 13.8. The Kier molecular flexibility index (Phi) is 8.86. The molecule has 1 heterocycles. The molecule has 1 rings (SSSR count). The van der Waals surface area contributed by atoms with E-state index in [4.69, 9.17) is 9.29 Å². The Labute approximate surface area is 138 Å². The van der Waals surface area contributed by atoms with Crippen LogP contribution in [0, 0.1) is 0 Å². The van der Waals surface area contributed by atoms with Gasteiger partial charge in [0.25, 0.3) is 0 Å². The molecule has 1 fully saturated rings. The lowest BCUT2D eigenvalue weighted by atomic mass is 10.2. The van der Waals surface area contributed by atoms with Crippen molar-refractivity contribution >= 4 is 10.3 Å². The van der Waals surface area contributed by atoms with Gasteiger partial charge in [0.05, 0.1) is 25.4 Å². The average Bonchev–Trinajstić information content (AvgIpc) is 2.44. The average molecular weight is 355 g/mol. The molecule has 0 aliphatic carbocycles. The van der Waals surface area contributed by atoms with Gasteiger partial charge in [0.2, 0.25) is 0 Å². The van der Waals surface area contributed by atoms with Crippen molar-refractivity contribution in [2.45, 2.75) is 19.1 Å². The Balaban J connectivity index is 2.32. The van der Waals surface area contributed by atoms with E-state index in [9.17, 15) is 18.6 Å². The molecule has 2 atom stereocenters. The molecule has 0 bridgehead atoms. The summed E-state index contributed by atoms with van der Waals surface area (Å²) >= 11 is 0. The summed E-state index contributed by atoms with van der Waals surface area (Å²) in [5, 5.41) is 20.0. The van der Waals surface area contributed by atoms with E-state index in [-0.39, 0.29) is 19.6 Å². The molecule has 3 N–H and O–H groups in total. The van der Waals surface area contributed by atoms with Crippen LogP contribution in [0.5, 0.6) is 0 Å². The quantitative estimate of drug-likeness (QED) is 0.389. The predicted molar refractivity (Wildman–Crippen MR) is 85.6 cm³/mol. The molecule has 0 spiro atoms. The predicted octanol–water partition coefficient (Wildman–Crippen LogP) is -1.90. The van der Waals surface area contributed by atoms with Gasteiger partial charge in [-0.25, -0.2) is 0 Å². The lowest BCUT2D eigenvalue weighted by molar-refractivity contribution is 0.00514. The Morgan fingerprint density at radius 1 is 1.13 bits per heavy atom. The summed E-state index contributed by atoms with van der Waals surface area (Å²) in [5.74, 6) is 0. The fourth-order valence-corrected chi connectivity index (χ4v) is 3.30. The Hall–Kier alpha value is -0.330. The van der Waals surface area contributed by atoms with Gasteiger partial charge in [-0.2, -0.15) is 12.7 Å². The molecular weight excluding hydrogens is 326 g/mol. The Morgan fingerprint density at radius 2 is 1.70 bits per heavy atom. The van der Waals surface area contributed by atoms with Crippen molar-refractivity contribution in [1.29, 1.82) is 0 Å². The minimum atomic E-state index is -4.30. The van der Waals surface area contributed by atoms with Crippen LogP contribution in [0.15, 0.2) is 0 Å². The SMILES string of the molecule is CCN(CC(O)CN(C)CC(O)CN1CCOCC1)S(=O)(=O)O. The molecule has 2 unspecified atom stereocenters. The zero-order chi connectivity index (χ0) is 17.5. The fourth-order valence-electron chi connectivity index (χ4n) is 2.61. The van der Waals surface area contributed by atoms with Crippen LogP contribution < -0.4 is 0 Å². The maximum Gasteiger partial charge on any atom is 0.335 e. The first kappa shape index (κ1) is 20.7. The minimum absolute atomic E-state index is 0.0826. The van der Waals surface area contributed by atoms with Crippen molar-refractivity contribution < 1.29 is 27.9 Å². The molecule has 23 heavy (non-hydrogen) atoms. The van der Waals surface area contributed by atoms with Gasteiger partial charge in [-0.05, 0) is 7.05 Å². The van der Waals surface area contributed by atoms with Crippen molar-refractivity contribution in [3.05, 3.63) is 0 Å². The molecular formula is C13H29N3O6S. The first-order valence-electron chi connectivity index (χ1n) is 7.79. The summed E-state index contributed by atoms with van der Waals surface area (Å²) in [4.78, 5) is 3.86. The third-order valence-corrected chi connectivity index (χ3v) is 4.77. The fraction of sp³-hybridized carbons (Fsp3) is 1.00. The highest BCUT2D eigenvalue weighted by Crippen LogP contribution is 2.03. The van der Waals surface area contributed by atoms with Gasteiger partial charge in [-0.1, -0.05) is 6.92 Å². The van der Waals surface area contributed by atoms with E-state index in [1.807, 2.05) is 0 Å². The summed E-state index contributed by atoms with van der Waals surface area (Å²) in [6, 6.07) is 0. The van der Waals surface area contributed by atoms with Gasteiger partial charge in [0.15, 0.2) is 0 Å². The highest BCUT2D eigenvalue weighted by molar-refractivity contribution is 7.83. The Morgan fingerprint density at radius 3 is 2.22 bits per heavy atom. The highest BCUT2D eigenvalue weighted by Gasteiger charge is 2.22. The molecule has 10 heteroatoms. The number of ether oxygens (including phenoxy) is 1. The number of aliphatic hydroxyl groups excluding tert-OH is 2. The number of aliphatic hydroxyl groups is 2. The van der Waals surface area contributed by atoms with Crippen LogP contribution in [0.1, 0.15) is 6.92 Å². The topological polar surface area (TPSA) is 114 Å². The van der Waals surface area contributed by atoms with Crippen LogP contribution >= 0.6 is 0 Å². The van der Waals surface area contributed by atoms with E-state index in [0.717, 1.165) is 17.4 Å². The Bertz CT molecular complexity index is 429. The monoisotopic (exact) mass is 355 g/mol. The second kappa shape index (κ2) is 9.84. The number of β-amino-alcohol motifs (C(OH)–C–C–N with tert-alkyl or cyclic N) is 1. The molecule has 1 saturated heterocycles. The van der Waals surface area contributed by atoms with Gasteiger partial charge < -0.3 is 19.8 Å². The van der Waals surface area contributed by atoms with E-state index in [2.05, 4.69) is 4.90 Å². The van der Waals surface area contributed by atoms with Crippen LogP contribution in [-0.4, -0.2) is 116 Å². The van der Waals surface area contributed by atoms with Crippen LogP contribution in [0.25, 0.3) is 0 Å². The minimum Gasteiger partial charge on any atom is -0.390 e. The van der Waals surface area contributed by atoms with E-state index in [1.54, 1.807) is 18.9 Å². The van der Waals surface area contributed by atoms with Crippen molar-refractivity contribution in [2.24, 2.45) is 0 Å². The molecule has 1 aliphatic heterocycles. The third-order valence-electron chi connectivity index (χ3n) is 3.71. The first-order valence-corrected chi connectivity index (χ1v) is 9.19. The molecule has 1 aliphatic rings. The smallest absolute Gasteiger partial charge is 0.335 e. The third kappa shape index (κ3) is 8.36. The molecule has 0 saturated carbocycles. The number of hydrogen-bond donors (Lipinski definition) is 3. The molecule has 138 valence electrons. The summed E-state index contributed by atoms with van der Waals surface area (Å²) in [7, 11) is -2.56. The van der Waals surface area contributed by atoms with Crippen molar-refractivity contribution in [2.75, 3.05) is 66.1 Å². The molecule has 0 aromatic heterocycles. The summed E-state index contributed by atoms with van der Waals surface area (Å²) in [6.45, 7) is 5.52. The van der Waals surface area contributed by atoms with Crippen LogP contribution in [0.2, 0.25) is 0 Å². The molecule has 0 aromatic carbocycles. The normalized spacial score (nSPS) is 20.1. The lowest BCUT2D eigenvalue weighted by Gasteiger charge is -2.30. The lowest BCUT2D eigenvalue weighted by Crippen LogP contribution is -2.46. The van der Waals surface area contributed by atoms with Crippen LogP contribution in [0.4, 0.5) is 0 Å². The number of rotatable bonds is 10. The van der Waals surface area contributed by atoms with Gasteiger partial charge in [-0.3, -0.25) is 9.45 Å². The van der Waals surface area contributed by atoms with Gasteiger partial charge in [0, 0.05) is 45.8 Å². The highest BCUT2D eigenvalue weighted by atomic mass is 32.2. The number of nitrogens with zero attached hydrogens (tertiary/aromatic N) is 3. The molecule has 0 radical (unpaired) electrons. The second-order valence-electron chi connectivity index (χ2n) is 5.87. The maximum atomic E-state index is 11.1. The zero-order valence-corrected chi connectivity index (χ0v) is 14.7. The van der Waals surface area contributed by atoms with E-state index in [1.165, 1.54) is 0 Å². The molecule has 0 amide bonds. The van der Waals surface area contributed by atoms with E-state index in [0.29, 0.717) is 26.3 Å². The summed E-state index contributed by atoms with van der Waals surface area (Å²) < 4.78 is 37.2. The van der Waals surface area contributed by atoms with Crippen molar-refractivity contribution in [1.82, 2.24) is 14.1 Å². The molecule has 9 nitrogen and oxygen atoms in total. The second-order valence-corrected chi connectivity index (χ2v) is 7.28. The van der Waals surface area contributed by atoms with Gasteiger partial charge in [-0.15, -0.1) is 0 Å². The standard InChI is InChI=1S/C13H29N3O6S/c1-3-16(23(19,20)21)11-13(18)9-14(2)8-12(17)10-15-4-6-22-7-5-15/h12-13,17-18H,3-11H2,1-2H3,(H,19,20,21). The van der Waals surface area contributed by atoms with Crippen molar-refractivity contribution in [3.63, 3.8) is 0 Å². The van der Waals surface area contributed by atoms with Gasteiger partial charge in [0.1, 0.15) is 0 Å². The number of hydrogen-bond acceptors (Lipinski definition) is 7. The van der Waals surface area contributed by atoms with E-state index < -0.39 is 22.5 Å². The van der Waals surface area contributed by atoms with Crippen LogP contribution in [0.3, 0.4) is 0 Å². The number of likely N-dealkylation sites (N-methyl/N-ethyl adjacent to an activating group) is 2. The largest absolute Gasteiger partial charge is 0.390 e. The summed E-state index contributed by atoms with van der Waals surface area (Å²) in [5.41, 5.74) is 0. The van der Waals surface area contributed by atoms with Crippen LogP contribution in [-0.2, 0) is 15.0 Å². The maximum absolute atomic E-state index is 11.1. The van der Waals surface area contributed by atoms with E-state index >= 15 is 0 Å². The molecule has 0 aromatic rings. The first-order chi connectivity index (χ1) is 10.7.